The molecule has 1 N–H and O–H groups in total. The van der Waals surface area contributed by atoms with Gasteiger partial charge in [0.25, 0.3) is 17.2 Å². The van der Waals surface area contributed by atoms with Crippen molar-refractivity contribution in [2.45, 2.75) is 26.2 Å². The van der Waals surface area contributed by atoms with Gasteiger partial charge in [0.15, 0.2) is 6.61 Å². The van der Waals surface area contributed by atoms with Crippen LogP contribution in [0.4, 0.5) is 15.8 Å². The second-order valence-corrected chi connectivity index (χ2v) is 10.4. The smallest absolute Gasteiger partial charge is 0.282 e. The van der Waals surface area contributed by atoms with Crippen molar-refractivity contribution in [3.05, 3.63) is 103 Å². The highest BCUT2D eigenvalue weighted by Crippen LogP contribution is 2.25. The lowest BCUT2D eigenvalue weighted by atomic mass is 9.95. The van der Waals surface area contributed by atoms with E-state index < -0.39 is 34.2 Å². The van der Waals surface area contributed by atoms with E-state index in [4.69, 9.17) is 4.74 Å². The Morgan fingerprint density at radius 1 is 1.21 bits per heavy atom. The molecule has 10 nitrogen and oxygen atoms in total. The van der Waals surface area contributed by atoms with Crippen LogP contribution in [-0.4, -0.2) is 33.3 Å². The molecule has 200 valence electrons. The van der Waals surface area contributed by atoms with Gasteiger partial charge < -0.3 is 10.1 Å². The molecule has 0 radical (unpaired) electrons. The number of non-ortho nitro benzene ring substituents is 1. The van der Waals surface area contributed by atoms with E-state index in [0.717, 1.165) is 4.68 Å². The maximum atomic E-state index is 13.9. The number of hydrogen-bond donors (Lipinski definition) is 1. The van der Waals surface area contributed by atoms with Crippen LogP contribution in [0.1, 0.15) is 32.2 Å². The van der Waals surface area contributed by atoms with E-state index in [0.29, 0.717) is 21.2 Å². The normalized spacial score (nSPS) is 11.6. The lowest BCUT2D eigenvalue weighted by Crippen LogP contribution is -2.29. The zero-order valence-electron chi connectivity index (χ0n) is 21.1. The Labute approximate surface area is 230 Å². The fraction of sp³-hybridized carbons (Fsp3) is 0.185. The molecule has 3 aromatic carbocycles. The number of aromatic nitrogens is 2. The van der Waals surface area contributed by atoms with Gasteiger partial charge in [0, 0.05) is 27.6 Å². The van der Waals surface area contributed by atoms with E-state index in [9.17, 15) is 24.1 Å². The van der Waals surface area contributed by atoms with Crippen molar-refractivity contribution in [1.82, 2.24) is 9.66 Å². The maximum Gasteiger partial charge on any atom is 0.282 e. The molecule has 4 aromatic rings. The first-order chi connectivity index (χ1) is 18.4. The molecule has 1 amide bonds. The second kappa shape index (κ2) is 11.1. The monoisotopic (exact) mass is 595 g/mol. The van der Waals surface area contributed by atoms with E-state index in [1.165, 1.54) is 42.6 Å². The van der Waals surface area contributed by atoms with Crippen LogP contribution in [0, 0.1) is 15.9 Å². The van der Waals surface area contributed by atoms with Gasteiger partial charge in [-0.2, -0.15) is 9.78 Å². The summed E-state index contributed by atoms with van der Waals surface area (Å²) in [7, 11) is 0. The number of anilines is 1. The van der Waals surface area contributed by atoms with Crippen LogP contribution in [0.15, 0.2) is 75.0 Å². The SMILES string of the molecule is CC(C)(C)c1nc2ccc(Br)cc2c(=O)n1N=Cc1cc([N+](=O)[O-])ccc1OCC(=O)Nc1ccccc1F. The number of nitrogens with zero attached hydrogens (tertiary/aromatic N) is 4. The number of nitrogens with one attached hydrogen (secondary N) is 1. The number of carbonyl (C=O) groups excluding carboxylic acids is 1. The summed E-state index contributed by atoms with van der Waals surface area (Å²) in [5, 5.41) is 18.5. The molecule has 12 heteroatoms. The Kier molecular flexibility index (Phi) is 7.86. The van der Waals surface area contributed by atoms with Gasteiger partial charge in [-0.25, -0.2) is 9.37 Å². The molecule has 0 unspecified atom stereocenters. The Morgan fingerprint density at radius 2 is 1.95 bits per heavy atom. The van der Waals surface area contributed by atoms with Crippen LogP contribution in [0.3, 0.4) is 0 Å². The Morgan fingerprint density at radius 3 is 2.64 bits per heavy atom. The largest absolute Gasteiger partial charge is 0.483 e. The van der Waals surface area contributed by atoms with Gasteiger partial charge in [-0.15, -0.1) is 0 Å². The van der Waals surface area contributed by atoms with Crippen molar-refractivity contribution in [1.29, 1.82) is 0 Å². The van der Waals surface area contributed by atoms with Crippen molar-refractivity contribution in [2.24, 2.45) is 5.10 Å². The Balaban J connectivity index is 1.71. The number of halogens is 2. The lowest BCUT2D eigenvalue weighted by Gasteiger charge is -2.21. The highest BCUT2D eigenvalue weighted by molar-refractivity contribution is 9.10. The van der Waals surface area contributed by atoms with E-state index in [2.05, 4.69) is 31.3 Å². The number of rotatable bonds is 7. The average Bonchev–Trinajstić information content (AvgIpc) is 2.88. The molecule has 1 heterocycles. The van der Waals surface area contributed by atoms with Crippen molar-refractivity contribution in [2.75, 3.05) is 11.9 Å². The summed E-state index contributed by atoms with van der Waals surface area (Å²) in [5.74, 6) is -0.785. The third-order valence-electron chi connectivity index (χ3n) is 5.50. The first kappa shape index (κ1) is 27.6. The lowest BCUT2D eigenvalue weighted by molar-refractivity contribution is -0.384. The number of fused-ring (bicyclic) bond motifs is 1. The molecule has 4 rings (SSSR count). The summed E-state index contributed by atoms with van der Waals surface area (Å²) in [4.78, 5) is 41.2. The minimum absolute atomic E-state index is 0.0129. The van der Waals surface area contributed by atoms with E-state index in [-0.39, 0.29) is 22.7 Å². The van der Waals surface area contributed by atoms with Crippen molar-refractivity contribution in [3.63, 3.8) is 0 Å². The molecule has 0 aliphatic heterocycles. The molecule has 0 bridgehead atoms. The van der Waals surface area contributed by atoms with Crippen LogP contribution in [0.2, 0.25) is 0 Å². The van der Waals surface area contributed by atoms with Gasteiger partial charge in [-0.1, -0.05) is 48.8 Å². The van der Waals surface area contributed by atoms with Crippen LogP contribution in [0.25, 0.3) is 10.9 Å². The number of nitro groups is 1. The Hall–Kier alpha value is -4.45. The summed E-state index contributed by atoms with van der Waals surface area (Å²) in [6, 6.07) is 14.5. The molecule has 0 saturated heterocycles. The molecule has 0 atom stereocenters. The molecule has 1 aromatic heterocycles. The predicted octanol–water partition coefficient (Wildman–Crippen LogP) is 5.40. The fourth-order valence-electron chi connectivity index (χ4n) is 3.64. The minimum Gasteiger partial charge on any atom is -0.483 e. The van der Waals surface area contributed by atoms with Gasteiger partial charge in [0.1, 0.15) is 17.4 Å². The number of para-hydroxylation sites is 1. The molecule has 0 spiro atoms. The van der Waals surface area contributed by atoms with Crippen molar-refractivity contribution < 1.29 is 18.8 Å². The van der Waals surface area contributed by atoms with Crippen LogP contribution < -0.4 is 15.6 Å². The van der Waals surface area contributed by atoms with E-state index in [1.807, 2.05) is 20.8 Å². The van der Waals surface area contributed by atoms with Crippen molar-refractivity contribution in [3.8, 4) is 5.75 Å². The zero-order valence-corrected chi connectivity index (χ0v) is 22.7. The van der Waals surface area contributed by atoms with Crippen LogP contribution >= 0.6 is 15.9 Å². The van der Waals surface area contributed by atoms with Gasteiger partial charge in [0.2, 0.25) is 0 Å². The molecule has 0 fully saturated rings. The third-order valence-corrected chi connectivity index (χ3v) is 6.00. The summed E-state index contributed by atoms with van der Waals surface area (Å²) in [6.07, 6.45) is 1.24. The molecule has 0 aliphatic rings. The van der Waals surface area contributed by atoms with Gasteiger partial charge in [-0.05, 0) is 36.4 Å². The molecule has 0 aliphatic carbocycles. The quantitative estimate of drug-likeness (QED) is 0.173. The summed E-state index contributed by atoms with van der Waals surface area (Å²) in [6.45, 7) is 5.12. The van der Waals surface area contributed by atoms with E-state index in [1.54, 1.807) is 24.3 Å². The van der Waals surface area contributed by atoms with Gasteiger partial charge in [0.05, 0.1) is 27.7 Å². The average molecular weight is 596 g/mol. The zero-order chi connectivity index (χ0) is 28.3. The summed E-state index contributed by atoms with van der Waals surface area (Å²) >= 11 is 3.36. The van der Waals surface area contributed by atoms with Crippen LogP contribution in [-0.2, 0) is 10.2 Å². The maximum absolute atomic E-state index is 13.9. The summed E-state index contributed by atoms with van der Waals surface area (Å²) < 4.78 is 21.3. The third kappa shape index (κ3) is 6.34. The topological polar surface area (TPSA) is 129 Å². The fourth-order valence-corrected chi connectivity index (χ4v) is 4.00. The molecule has 39 heavy (non-hydrogen) atoms. The standard InChI is InChI=1S/C27H23BrFN5O5/c1-27(2,3)26-32-21-10-8-17(28)13-19(21)25(36)33(26)30-14-16-12-18(34(37)38)9-11-23(16)39-15-24(35)31-22-7-5-4-6-20(22)29/h4-14H,15H2,1-3H3,(H,31,35). The number of amides is 1. The van der Waals surface area contributed by atoms with Crippen LogP contribution in [0.5, 0.6) is 5.75 Å². The second-order valence-electron chi connectivity index (χ2n) is 9.50. The molecular weight excluding hydrogens is 573 g/mol. The van der Waals surface area contributed by atoms with Gasteiger partial charge in [-0.3, -0.25) is 19.7 Å². The number of hydrogen-bond acceptors (Lipinski definition) is 7. The Bertz CT molecular complexity index is 1680. The number of benzene rings is 3. The number of ether oxygens (including phenoxy) is 1. The molecular formula is C27H23BrFN5O5. The highest BCUT2D eigenvalue weighted by Gasteiger charge is 2.23. The number of carbonyl (C=O) groups is 1. The highest BCUT2D eigenvalue weighted by atomic mass is 79.9. The number of nitro benzene ring substituents is 1. The predicted molar refractivity (Wildman–Crippen MR) is 149 cm³/mol. The van der Waals surface area contributed by atoms with E-state index >= 15 is 0 Å². The first-order valence-corrected chi connectivity index (χ1v) is 12.5. The molecule has 0 saturated carbocycles. The first-order valence-electron chi connectivity index (χ1n) is 11.7. The van der Waals surface area contributed by atoms with Crippen molar-refractivity contribution >= 4 is 50.3 Å². The summed E-state index contributed by atoms with van der Waals surface area (Å²) in [5.41, 5.74) is -0.627. The minimum atomic E-state index is -0.642. The van der Waals surface area contributed by atoms with Gasteiger partial charge >= 0.3 is 0 Å².